The molecule has 0 aliphatic rings. The Morgan fingerprint density at radius 3 is 2.41 bits per heavy atom. The first kappa shape index (κ1) is 13.5. The van der Waals surface area contributed by atoms with Gasteiger partial charge in [-0.3, -0.25) is 4.79 Å². The smallest absolute Gasteiger partial charge is 0.312 e. The van der Waals surface area contributed by atoms with E-state index in [4.69, 9.17) is 4.74 Å². The van der Waals surface area contributed by atoms with Crippen LogP contribution in [0.15, 0.2) is 42.5 Å². The first-order valence-electron chi connectivity index (χ1n) is 5.74. The summed E-state index contributed by atoms with van der Waals surface area (Å²) in [4.78, 5) is 11.9. The van der Waals surface area contributed by atoms with E-state index in [1.165, 1.54) is 7.11 Å². The number of carbonyl (C=O) groups excluding carboxylic acids is 1. The summed E-state index contributed by atoms with van der Waals surface area (Å²) >= 11 is 0. The Labute approximate surface area is 103 Å². The van der Waals surface area contributed by atoms with Crippen LogP contribution < -0.4 is 0 Å². The Morgan fingerprint density at radius 1 is 1.35 bits per heavy atom. The van der Waals surface area contributed by atoms with Gasteiger partial charge in [-0.2, -0.15) is 0 Å². The van der Waals surface area contributed by atoms with Crippen molar-refractivity contribution >= 4 is 5.97 Å². The number of hydrogen-bond acceptors (Lipinski definition) is 2. The Hall–Kier alpha value is -1.57. The third-order valence-corrected chi connectivity index (χ3v) is 2.81. The maximum absolute atomic E-state index is 11.9. The van der Waals surface area contributed by atoms with Gasteiger partial charge < -0.3 is 4.74 Å². The molecular weight excluding hydrogens is 212 g/mol. The summed E-state index contributed by atoms with van der Waals surface area (Å²) in [7, 11) is 1.43. The Kier molecular flexibility index (Phi) is 4.50. The predicted octanol–water partition coefficient (Wildman–Crippen LogP) is 3.37. The Bertz CT molecular complexity index is 395. The van der Waals surface area contributed by atoms with Gasteiger partial charge in [0.05, 0.1) is 12.5 Å². The van der Waals surface area contributed by atoms with Crippen molar-refractivity contribution in [1.29, 1.82) is 0 Å². The van der Waals surface area contributed by atoms with Gasteiger partial charge in [0, 0.05) is 0 Å². The van der Waals surface area contributed by atoms with E-state index < -0.39 is 5.41 Å². The van der Waals surface area contributed by atoms with E-state index in [0.29, 0.717) is 12.8 Å². The standard InChI is InChI=1S/C15H20O2/c1-12(2)10-15(3,14(16)17-4)11-13-8-6-5-7-9-13/h5-9H,1,10-11H2,2-4H3. The number of ether oxygens (including phenoxy) is 1. The molecular formula is C15H20O2. The second kappa shape index (κ2) is 5.67. The van der Waals surface area contributed by atoms with Crippen LogP contribution >= 0.6 is 0 Å². The van der Waals surface area contributed by atoms with Crippen LogP contribution in [0.3, 0.4) is 0 Å². The van der Waals surface area contributed by atoms with E-state index >= 15 is 0 Å². The molecule has 1 unspecified atom stereocenters. The van der Waals surface area contributed by atoms with Gasteiger partial charge in [-0.25, -0.2) is 0 Å². The number of rotatable bonds is 5. The van der Waals surface area contributed by atoms with Crippen molar-refractivity contribution in [3.05, 3.63) is 48.0 Å². The summed E-state index contributed by atoms with van der Waals surface area (Å²) < 4.78 is 4.91. The molecule has 0 aliphatic carbocycles. The highest BCUT2D eigenvalue weighted by atomic mass is 16.5. The van der Waals surface area contributed by atoms with Crippen LogP contribution in [0, 0.1) is 5.41 Å². The monoisotopic (exact) mass is 232 g/mol. The number of methoxy groups -OCH3 is 1. The molecule has 0 heterocycles. The van der Waals surface area contributed by atoms with Gasteiger partial charge in [0.25, 0.3) is 0 Å². The SMILES string of the molecule is C=C(C)CC(C)(Cc1ccccc1)C(=O)OC. The zero-order valence-electron chi connectivity index (χ0n) is 10.8. The lowest BCUT2D eigenvalue weighted by molar-refractivity contribution is -0.151. The van der Waals surface area contributed by atoms with Gasteiger partial charge in [0.15, 0.2) is 0 Å². The van der Waals surface area contributed by atoms with Crippen molar-refractivity contribution in [3.8, 4) is 0 Å². The van der Waals surface area contributed by atoms with Crippen LogP contribution in [0.4, 0.5) is 0 Å². The van der Waals surface area contributed by atoms with Crippen LogP contribution in [0.25, 0.3) is 0 Å². The van der Waals surface area contributed by atoms with Crippen LogP contribution in [-0.4, -0.2) is 13.1 Å². The van der Waals surface area contributed by atoms with E-state index in [9.17, 15) is 4.79 Å². The summed E-state index contributed by atoms with van der Waals surface area (Å²) in [6, 6.07) is 9.98. The van der Waals surface area contributed by atoms with Gasteiger partial charge in [0.1, 0.15) is 0 Å². The average molecular weight is 232 g/mol. The molecule has 0 fully saturated rings. The fourth-order valence-corrected chi connectivity index (χ4v) is 2.17. The largest absolute Gasteiger partial charge is 0.469 e. The van der Waals surface area contributed by atoms with Crippen LogP contribution in [0.2, 0.25) is 0 Å². The zero-order chi connectivity index (χ0) is 12.9. The second-order valence-corrected chi connectivity index (χ2v) is 4.85. The maximum Gasteiger partial charge on any atom is 0.312 e. The minimum atomic E-state index is -0.526. The lowest BCUT2D eigenvalue weighted by atomic mass is 9.78. The topological polar surface area (TPSA) is 26.3 Å². The van der Waals surface area contributed by atoms with Crippen LogP contribution in [-0.2, 0) is 16.0 Å². The number of esters is 1. The van der Waals surface area contributed by atoms with E-state index in [1.54, 1.807) is 0 Å². The minimum Gasteiger partial charge on any atom is -0.469 e. The molecule has 0 spiro atoms. The molecule has 0 saturated heterocycles. The molecule has 0 amide bonds. The quantitative estimate of drug-likeness (QED) is 0.574. The molecule has 0 saturated carbocycles. The predicted molar refractivity (Wildman–Crippen MR) is 69.7 cm³/mol. The summed E-state index contributed by atoms with van der Waals surface area (Å²) in [6.45, 7) is 7.76. The lowest BCUT2D eigenvalue weighted by Gasteiger charge is -2.27. The molecule has 1 aromatic rings. The van der Waals surface area contributed by atoms with Crippen molar-refractivity contribution in [2.24, 2.45) is 5.41 Å². The normalized spacial score (nSPS) is 13.8. The highest BCUT2D eigenvalue weighted by Gasteiger charge is 2.34. The first-order chi connectivity index (χ1) is 7.98. The Balaban J connectivity index is 2.91. The summed E-state index contributed by atoms with van der Waals surface area (Å²) in [5.41, 5.74) is 1.61. The van der Waals surface area contributed by atoms with E-state index in [0.717, 1.165) is 11.1 Å². The molecule has 0 aromatic heterocycles. The van der Waals surface area contributed by atoms with E-state index in [1.807, 2.05) is 44.2 Å². The van der Waals surface area contributed by atoms with Gasteiger partial charge in [-0.15, -0.1) is 6.58 Å². The molecule has 2 heteroatoms. The number of hydrogen-bond donors (Lipinski definition) is 0. The summed E-state index contributed by atoms with van der Waals surface area (Å²) in [5.74, 6) is -0.177. The highest BCUT2D eigenvalue weighted by molar-refractivity contribution is 5.77. The van der Waals surface area contributed by atoms with Crippen molar-refractivity contribution in [3.63, 3.8) is 0 Å². The molecule has 0 bridgehead atoms. The first-order valence-corrected chi connectivity index (χ1v) is 5.74. The van der Waals surface area contributed by atoms with Crippen molar-refractivity contribution < 1.29 is 9.53 Å². The summed E-state index contributed by atoms with van der Waals surface area (Å²) in [6.07, 6.45) is 1.32. The summed E-state index contributed by atoms with van der Waals surface area (Å²) in [5, 5.41) is 0. The van der Waals surface area contributed by atoms with Gasteiger partial charge >= 0.3 is 5.97 Å². The molecule has 92 valence electrons. The molecule has 17 heavy (non-hydrogen) atoms. The molecule has 0 radical (unpaired) electrons. The van der Waals surface area contributed by atoms with Crippen molar-refractivity contribution in [1.82, 2.24) is 0 Å². The maximum atomic E-state index is 11.9. The van der Waals surface area contributed by atoms with Crippen LogP contribution in [0.1, 0.15) is 25.8 Å². The fraction of sp³-hybridized carbons (Fsp3) is 0.400. The molecule has 0 aliphatic heterocycles. The third-order valence-electron chi connectivity index (χ3n) is 2.81. The number of carbonyl (C=O) groups is 1. The molecule has 2 nitrogen and oxygen atoms in total. The van der Waals surface area contributed by atoms with E-state index in [-0.39, 0.29) is 5.97 Å². The van der Waals surface area contributed by atoms with Crippen LogP contribution in [0.5, 0.6) is 0 Å². The Morgan fingerprint density at radius 2 is 1.94 bits per heavy atom. The van der Waals surface area contributed by atoms with Crippen molar-refractivity contribution in [2.45, 2.75) is 26.7 Å². The third kappa shape index (κ3) is 3.74. The molecule has 1 aromatic carbocycles. The highest BCUT2D eigenvalue weighted by Crippen LogP contribution is 2.31. The average Bonchev–Trinajstić information content (AvgIpc) is 2.28. The van der Waals surface area contributed by atoms with Gasteiger partial charge in [-0.1, -0.05) is 35.9 Å². The lowest BCUT2D eigenvalue weighted by Crippen LogP contribution is -2.31. The number of allylic oxidation sites excluding steroid dienone is 1. The second-order valence-electron chi connectivity index (χ2n) is 4.85. The van der Waals surface area contributed by atoms with E-state index in [2.05, 4.69) is 6.58 Å². The zero-order valence-corrected chi connectivity index (χ0v) is 10.8. The fourth-order valence-electron chi connectivity index (χ4n) is 2.17. The van der Waals surface area contributed by atoms with Crippen molar-refractivity contribution in [2.75, 3.05) is 7.11 Å². The molecule has 1 atom stereocenters. The molecule has 0 N–H and O–H groups in total. The van der Waals surface area contributed by atoms with Gasteiger partial charge in [0.2, 0.25) is 0 Å². The molecule has 1 rings (SSSR count). The van der Waals surface area contributed by atoms with Gasteiger partial charge in [-0.05, 0) is 32.3 Å². The minimum absolute atomic E-state index is 0.177. The number of benzene rings is 1.